The van der Waals surface area contributed by atoms with E-state index in [0.717, 1.165) is 11.1 Å². The van der Waals surface area contributed by atoms with Crippen molar-refractivity contribution in [1.29, 1.82) is 0 Å². The number of nitrogen functional groups attached to an aromatic ring is 1. The Kier molecular flexibility index (Phi) is 14.5. The van der Waals surface area contributed by atoms with Gasteiger partial charge in [-0.05, 0) is 41.5 Å². The number of nitrogens with one attached hydrogen (secondary N) is 1. The number of anilines is 1. The second-order valence-electron chi connectivity index (χ2n) is 12.7. The normalized spacial score (nSPS) is 17.5. The molecule has 0 bridgehead atoms. The zero-order valence-corrected chi connectivity index (χ0v) is 30.9. The first-order chi connectivity index (χ1) is 27.2. The lowest BCUT2D eigenvalue weighted by Gasteiger charge is -2.27. The van der Waals surface area contributed by atoms with E-state index in [0.29, 0.717) is 24.0 Å². The van der Waals surface area contributed by atoms with Crippen molar-refractivity contribution in [3.63, 3.8) is 0 Å². The number of alkyl halides is 3. The Morgan fingerprint density at radius 1 is 0.893 bits per heavy atom. The highest BCUT2D eigenvalue weighted by Gasteiger charge is 2.44. The van der Waals surface area contributed by atoms with Gasteiger partial charge in [-0.15, -0.1) is 0 Å². The van der Waals surface area contributed by atoms with Gasteiger partial charge in [0.2, 0.25) is 5.91 Å². The molecule has 1 aliphatic rings. The molecular formula is C38H41F3N6O8S. The average molecular weight is 799 g/mol. The van der Waals surface area contributed by atoms with Crippen molar-refractivity contribution in [2.24, 2.45) is 0 Å². The van der Waals surface area contributed by atoms with E-state index in [2.05, 4.69) is 19.7 Å². The molecule has 5 unspecified atom stereocenters. The number of imidazole rings is 1. The van der Waals surface area contributed by atoms with Crippen LogP contribution >= 0.6 is 0 Å². The lowest BCUT2D eigenvalue weighted by Crippen LogP contribution is -2.30. The van der Waals surface area contributed by atoms with Gasteiger partial charge in [-0.3, -0.25) is 18.3 Å². The fourth-order valence-electron chi connectivity index (χ4n) is 6.11. The number of benzene rings is 3. The topological polar surface area (TPSA) is 171 Å². The van der Waals surface area contributed by atoms with Crippen LogP contribution < -0.4 is 10.5 Å². The van der Waals surface area contributed by atoms with Gasteiger partial charge in [0.15, 0.2) is 17.6 Å². The highest BCUT2D eigenvalue weighted by molar-refractivity contribution is 7.78. The summed E-state index contributed by atoms with van der Waals surface area (Å²) in [6.45, 7) is -0.768. The van der Waals surface area contributed by atoms with E-state index in [4.69, 9.17) is 33.6 Å². The van der Waals surface area contributed by atoms with E-state index in [-0.39, 0.29) is 56.4 Å². The molecule has 3 heterocycles. The monoisotopic (exact) mass is 798 g/mol. The number of nitrogens with zero attached hydrogens (tertiary/aromatic N) is 4. The largest absolute Gasteiger partial charge is 0.418 e. The SMILES string of the molecule is Nc1ncnc2c1ncn2C1CCC(COS(=O)NC(=O)CCC(OCOCc2ccccc2)c2ccccc2C(OCOCc2ccccc2)C(F)(F)F)O1. The molecule has 0 aliphatic carbocycles. The molecule has 5 aromatic rings. The molecule has 14 nitrogen and oxygen atoms in total. The summed E-state index contributed by atoms with van der Waals surface area (Å²) in [5.74, 6) is -0.430. The van der Waals surface area contributed by atoms with Crippen LogP contribution in [0, 0.1) is 0 Å². The van der Waals surface area contributed by atoms with Gasteiger partial charge in [0.05, 0.1) is 38.4 Å². The van der Waals surface area contributed by atoms with Crippen LogP contribution in [-0.4, -0.2) is 62.1 Å². The van der Waals surface area contributed by atoms with Crippen molar-refractivity contribution < 1.29 is 50.0 Å². The Hall–Kier alpha value is -4.82. The summed E-state index contributed by atoms with van der Waals surface area (Å²) in [6, 6.07) is 24.0. The van der Waals surface area contributed by atoms with Crippen LogP contribution in [0.1, 0.15) is 66.4 Å². The zero-order valence-electron chi connectivity index (χ0n) is 30.1. The van der Waals surface area contributed by atoms with Crippen LogP contribution in [0.3, 0.4) is 0 Å². The average Bonchev–Trinajstić information content (AvgIpc) is 3.85. The molecule has 0 radical (unpaired) electrons. The van der Waals surface area contributed by atoms with Crippen molar-refractivity contribution in [3.8, 4) is 0 Å². The minimum absolute atomic E-state index is 0.0562. The molecule has 5 atom stereocenters. The second kappa shape index (κ2) is 19.9. The molecule has 0 saturated carbocycles. The van der Waals surface area contributed by atoms with Crippen LogP contribution in [0.4, 0.5) is 19.0 Å². The lowest BCUT2D eigenvalue weighted by molar-refractivity contribution is -0.248. The van der Waals surface area contributed by atoms with Crippen molar-refractivity contribution >= 4 is 34.2 Å². The third kappa shape index (κ3) is 11.4. The number of fused-ring (bicyclic) bond motifs is 1. The summed E-state index contributed by atoms with van der Waals surface area (Å²) >= 11 is -2.23. The van der Waals surface area contributed by atoms with E-state index < -0.39 is 54.7 Å². The van der Waals surface area contributed by atoms with Crippen molar-refractivity contribution in [2.45, 2.75) is 69.6 Å². The third-order valence-corrected chi connectivity index (χ3v) is 9.54. The summed E-state index contributed by atoms with van der Waals surface area (Å²) in [7, 11) is 0. The lowest BCUT2D eigenvalue weighted by atomic mass is 9.95. The summed E-state index contributed by atoms with van der Waals surface area (Å²) in [4.78, 5) is 25.4. The first kappa shape index (κ1) is 40.8. The minimum Gasteiger partial charge on any atom is -0.382 e. The van der Waals surface area contributed by atoms with Gasteiger partial charge in [-0.1, -0.05) is 84.9 Å². The molecule has 1 amide bonds. The molecule has 3 aromatic carbocycles. The van der Waals surface area contributed by atoms with E-state index in [9.17, 15) is 22.2 Å². The van der Waals surface area contributed by atoms with Gasteiger partial charge < -0.3 is 29.4 Å². The number of aromatic nitrogens is 4. The van der Waals surface area contributed by atoms with Crippen LogP contribution in [-0.2, 0) is 57.1 Å². The van der Waals surface area contributed by atoms with Crippen molar-refractivity contribution in [1.82, 2.24) is 24.2 Å². The molecule has 1 fully saturated rings. The Morgan fingerprint density at radius 3 is 2.21 bits per heavy atom. The van der Waals surface area contributed by atoms with Gasteiger partial charge in [0.1, 0.15) is 31.7 Å². The van der Waals surface area contributed by atoms with Crippen molar-refractivity contribution in [2.75, 3.05) is 25.9 Å². The van der Waals surface area contributed by atoms with Gasteiger partial charge >= 0.3 is 6.18 Å². The third-order valence-electron chi connectivity index (χ3n) is 8.79. The highest BCUT2D eigenvalue weighted by Crippen LogP contribution is 2.40. The predicted octanol–water partition coefficient (Wildman–Crippen LogP) is 6.30. The number of ether oxygens (including phenoxy) is 5. The van der Waals surface area contributed by atoms with Gasteiger partial charge in [-0.2, -0.15) is 13.2 Å². The quantitative estimate of drug-likeness (QED) is 0.0666. The maximum atomic E-state index is 14.5. The molecule has 18 heteroatoms. The van der Waals surface area contributed by atoms with Crippen LogP contribution in [0.5, 0.6) is 0 Å². The maximum absolute atomic E-state index is 14.5. The molecule has 1 aliphatic heterocycles. The summed E-state index contributed by atoms with van der Waals surface area (Å²) in [5, 5.41) is 0. The van der Waals surface area contributed by atoms with E-state index in [1.54, 1.807) is 41.2 Å². The molecule has 56 heavy (non-hydrogen) atoms. The summed E-state index contributed by atoms with van der Waals surface area (Å²) in [5.41, 5.74) is 8.42. The number of hydrogen-bond acceptors (Lipinski definition) is 12. The Bertz CT molecular complexity index is 2030. The summed E-state index contributed by atoms with van der Waals surface area (Å²) < 4.78 is 94.1. The highest BCUT2D eigenvalue weighted by atomic mass is 32.2. The van der Waals surface area contributed by atoms with Crippen molar-refractivity contribution in [3.05, 3.63) is 120 Å². The van der Waals surface area contributed by atoms with Gasteiger partial charge in [0, 0.05) is 6.42 Å². The number of amides is 1. The van der Waals surface area contributed by atoms with E-state index >= 15 is 0 Å². The van der Waals surface area contributed by atoms with E-state index in [1.165, 1.54) is 24.5 Å². The Morgan fingerprint density at radius 2 is 1.54 bits per heavy atom. The number of carbonyl (C=O) groups is 1. The molecule has 0 spiro atoms. The zero-order chi connectivity index (χ0) is 39.3. The molecule has 6 rings (SSSR count). The Balaban J connectivity index is 1.05. The molecule has 3 N–H and O–H groups in total. The first-order valence-electron chi connectivity index (χ1n) is 17.7. The predicted molar refractivity (Wildman–Crippen MR) is 197 cm³/mol. The van der Waals surface area contributed by atoms with Crippen LogP contribution in [0.15, 0.2) is 97.6 Å². The first-order valence-corrected chi connectivity index (χ1v) is 18.8. The van der Waals surface area contributed by atoms with Gasteiger partial charge in [-0.25, -0.2) is 19.2 Å². The van der Waals surface area contributed by atoms with E-state index in [1.807, 2.05) is 36.4 Å². The summed E-state index contributed by atoms with van der Waals surface area (Å²) in [6.07, 6.45) is -5.38. The maximum Gasteiger partial charge on any atom is 0.418 e. The molecule has 298 valence electrons. The van der Waals surface area contributed by atoms with Crippen LogP contribution in [0.25, 0.3) is 11.2 Å². The molecular weight excluding hydrogens is 758 g/mol. The number of hydrogen-bond donors (Lipinski definition) is 2. The second-order valence-corrected chi connectivity index (χ2v) is 13.6. The number of nitrogens with two attached hydrogens (primary N) is 1. The van der Waals surface area contributed by atoms with Gasteiger partial charge in [0.25, 0.3) is 11.3 Å². The number of halogens is 3. The molecule has 2 aromatic heterocycles. The standard InChI is InChI=1S/C38H41F3N6O8S/c39-38(40,41)35(53-25-51-20-27-11-5-2-6-12-27)30-14-8-7-13-29(30)31(52-24-50-19-26-9-3-1-4-10-26)16-17-32(48)46-56(49)54-21-28-15-18-33(55-28)47-23-45-34-36(42)43-22-44-37(34)47/h1-14,22-23,28,31,33,35H,15-21,24-25H2,(H,46,48)(H2,42,43,44). The fourth-order valence-corrected chi connectivity index (χ4v) is 6.74. The van der Waals surface area contributed by atoms with Crippen LogP contribution in [0.2, 0.25) is 0 Å². The number of carbonyl (C=O) groups excluding carboxylic acids is 1. The molecule has 1 saturated heterocycles. The minimum atomic E-state index is -4.82. The number of rotatable bonds is 20. The fraction of sp³-hybridized carbons (Fsp3) is 0.368. The Labute approximate surface area is 323 Å². The smallest absolute Gasteiger partial charge is 0.382 e.